The van der Waals surface area contributed by atoms with E-state index in [0.717, 1.165) is 24.9 Å². The number of halogens is 1. The summed E-state index contributed by atoms with van der Waals surface area (Å²) in [4.78, 5) is 0. The van der Waals surface area contributed by atoms with Crippen LogP contribution in [0.2, 0.25) is 0 Å². The van der Waals surface area contributed by atoms with Gasteiger partial charge in [-0.15, -0.1) is 0 Å². The van der Waals surface area contributed by atoms with E-state index in [2.05, 4.69) is 26.1 Å². The molecule has 3 nitrogen and oxygen atoms in total. The average molecular weight is 282 g/mol. The molecule has 0 radical (unpaired) electrons. The minimum absolute atomic E-state index is 0.263. The first kappa shape index (κ1) is 16.6. The smallest absolute Gasteiger partial charge is 0.167 e. The zero-order chi connectivity index (χ0) is 15.1. The maximum absolute atomic E-state index is 13.7. The Morgan fingerprint density at radius 3 is 2.60 bits per heavy atom. The Balaban J connectivity index is 2.78. The van der Waals surface area contributed by atoms with Crippen molar-refractivity contribution < 1.29 is 9.13 Å². The van der Waals surface area contributed by atoms with E-state index in [0.29, 0.717) is 18.2 Å². The van der Waals surface area contributed by atoms with Crippen molar-refractivity contribution in [1.82, 2.24) is 0 Å². The Morgan fingerprint density at radius 1 is 1.30 bits per heavy atom. The molecular weight excluding hydrogens is 255 g/mol. The van der Waals surface area contributed by atoms with Crippen LogP contribution in [0.1, 0.15) is 47.0 Å². The van der Waals surface area contributed by atoms with Crippen LogP contribution in [0.25, 0.3) is 0 Å². The Hall–Kier alpha value is -1.45. The summed E-state index contributed by atoms with van der Waals surface area (Å²) in [6, 6.07) is 3.27. The van der Waals surface area contributed by atoms with Crippen LogP contribution in [0, 0.1) is 11.7 Å². The Kier molecular flexibility index (Phi) is 6.62. The van der Waals surface area contributed by atoms with Gasteiger partial charge in [-0.05, 0) is 25.7 Å². The van der Waals surface area contributed by atoms with Crippen LogP contribution in [-0.2, 0) is 0 Å². The third-order valence-electron chi connectivity index (χ3n) is 3.42. The fourth-order valence-electron chi connectivity index (χ4n) is 2.11. The summed E-state index contributed by atoms with van der Waals surface area (Å²) < 4.78 is 19.1. The number of benzene rings is 1. The van der Waals surface area contributed by atoms with E-state index < -0.39 is 5.82 Å². The first-order chi connectivity index (χ1) is 9.47. The second kappa shape index (κ2) is 7.98. The number of nitrogen functional groups attached to an aromatic ring is 1. The maximum Gasteiger partial charge on any atom is 0.167 e. The van der Waals surface area contributed by atoms with E-state index in [9.17, 15) is 4.39 Å². The highest BCUT2D eigenvalue weighted by molar-refractivity contribution is 5.68. The van der Waals surface area contributed by atoms with Gasteiger partial charge in [0.05, 0.1) is 18.0 Å². The monoisotopic (exact) mass is 282 g/mol. The number of hydrogen-bond donors (Lipinski definition) is 2. The molecule has 1 rings (SSSR count). The van der Waals surface area contributed by atoms with Gasteiger partial charge in [-0.3, -0.25) is 0 Å². The van der Waals surface area contributed by atoms with Gasteiger partial charge in [-0.1, -0.05) is 27.2 Å². The van der Waals surface area contributed by atoms with Crippen LogP contribution in [0.3, 0.4) is 0 Å². The predicted molar refractivity (Wildman–Crippen MR) is 83.8 cm³/mol. The highest BCUT2D eigenvalue weighted by Crippen LogP contribution is 2.29. The van der Waals surface area contributed by atoms with Gasteiger partial charge < -0.3 is 15.8 Å². The Morgan fingerprint density at radius 2 is 2.00 bits per heavy atom. The third-order valence-corrected chi connectivity index (χ3v) is 3.42. The molecule has 0 spiro atoms. The fourth-order valence-corrected chi connectivity index (χ4v) is 2.11. The van der Waals surface area contributed by atoms with Crippen molar-refractivity contribution in [2.45, 2.75) is 53.0 Å². The average Bonchev–Trinajstić information content (AvgIpc) is 2.40. The van der Waals surface area contributed by atoms with Gasteiger partial charge in [0.2, 0.25) is 0 Å². The van der Waals surface area contributed by atoms with Gasteiger partial charge in [-0.25, -0.2) is 4.39 Å². The summed E-state index contributed by atoms with van der Waals surface area (Å²) in [6.07, 6.45) is 3.05. The van der Waals surface area contributed by atoms with Crippen molar-refractivity contribution in [2.75, 3.05) is 17.7 Å². The lowest BCUT2D eigenvalue weighted by Crippen LogP contribution is -2.19. The topological polar surface area (TPSA) is 47.3 Å². The maximum atomic E-state index is 13.7. The van der Waals surface area contributed by atoms with Crippen LogP contribution in [0.15, 0.2) is 12.1 Å². The third kappa shape index (κ3) is 4.91. The van der Waals surface area contributed by atoms with Gasteiger partial charge in [0.1, 0.15) is 0 Å². The van der Waals surface area contributed by atoms with Crippen molar-refractivity contribution in [3.8, 4) is 5.75 Å². The van der Waals surface area contributed by atoms with Gasteiger partial charge >= 0.3 is 0 Å². The lowest BCUT2D eigenvalue weighted by atomic mass is 10.00. The summed E-state index contributed by atoms with van der Waals surface area (Å²) >= 11 is 0. The minimum Gasteiger partial charge on any atom is -0.490 e. The number of nitrogens with two attached hydrogens (primary N) is 1. The van der Waals surface area contributed by atoms with Gasteiger partial charge in [0, 0.05) is 18.2 Å². The molecule has 0 aliphatic heterocycles. The molecule has 0 aromatic heterocycles. The molecule has 0 amide bonds. The minimum atomic E-state index is -0.406. The summed E-state index contributed by atoms with van der Waals surface area (Å²) in [5, 5.41) is 3.35. The summed E-state index contributed by atoms with van der Waals surface area (Å²) in [7, 11) is 0. The van der Waals surface area contributed by atoms with E-state index in [1.807, 2.05) is 6.92 Å². The molecule has 4 heteroatoms. The molecule has 0 aliphatic rings. The second-order valence-corrected chi connectivity index (χ2v) is 5.51. The van der Waals surface area contributed by atoms with Crippen LogP contribution < -0.4 is 15.8 Å². The van der Waals surface area contributed by atoms with Crippen LogP contribution in [0.4, 0.5) is 15.8 Å². The zero-order valence-electron chi connectivity index (χ0n) is 13.0. The zero-order valence-corrected chi connectivity index (χ0v) is 13.0. The molecule has 3 N–H and O–H groups in total. The molecule has 114 valence electrons. The van der Waals surface area contributed by atoms with Crippen molar-refractivity contribution in [1.29, 1.82) is 0 Å². The van der Waals surface area contributed by atoms with Gasteiger partial charge in [-0.2, -0.15) is 0 Å². The lowest BCUT2D eigenvalue weighted by molar-refractivity contribution is 0.301. The molecule has 0 bridgehead atoms. The van der Waals surface area contributed by atoms with E-state index in [1.54, 1.807) is 6.07 Å². The van der Waals surface area contributed by atoms with Crippen molar-refractivity contribution >= 4 is 11.4 Å². The number of ether oxygens (including phenoxy) is 1. The molecule has 0 saturated carbocycles. The van der Waals surface area contributed by atoms with E-state index in [-0.39, 0.29) is 11.8 Å². The van der Waals surface area contributed by atoms with Crippen molar-refractivity contribution in [3.05, 3.63) is 17.9 Å². The number of nitrogens with one attached hydrogen (secondary N) is 1. The van der Waals surface area contributed by atoms with E-state index >= 15 is 0 Å². The molecule has 2 unspecified atom stereocenters. The SMILES string of the molecule is CCCOc1cc(NC(C)CC(C)CC)c(N)cc1F. The second-order valence-electron chi connectivity index (χ2n) is 5.51. The molecule has 20 heavy (non-hydrogen) atoms. The molecule has 0 heterocycles. The van der Waals surface area contributed by atoms with Crippen molar-refractivity contribution in [3.63, 3.8) is 0 Å². The highest BCUT2D eigenvalue weighted by Gasteiger charge is 2.12. The first-order valence-electron chi connectivity index (χ1n) is 7.46. The Bertz CT molecular complexity index is 423. The normalized spacial score (nSPS) is 13.8. The predicted octanol–water partition coefficient (Wildman–Crippen LogP) is 4.43. The number of hydrogen-bond acceptors (Lipinski definition) is 3. The largest absolute Gasteiger partial charge is 0.490 e. The number of anilines is 2. The van der Waals surface area contributed by atoms with Crippen LogP contribution >= 0.6 is 0 Å². The molecule has 0 saturated heterocycles. The van der Waals surface area contributed by atoms with E-state index in [1.165, 1.54) is 6.07 Å². The highest BCUT2D eigenvalue weighted by atomic mass is 19.1. The number of rotatable bonds is 8. The standard InChI is InChI=1S/C16H27FN2O/c1-5-7-20-16-10-15(14(18)9-13(16)17)19-12(4)8-11(3)6-2/h9-12,19H,5-8,18H2,1-4H3. The fraction of sp³-hybridized carbons (Fsp3) is 0.625. The molecule has 1 aromatic carbocycles. The Labute approximate surface area is 121 Å². The molecular formula is C16H27FN2O. The first-order valence-corrected chi connectivity index (χ1v) is 7.46. The summed E-state index contributed by atoms with van der Waals surface area (Å²) in [6.45, 7) is 9.01. The lowest BCUT2D eigenvalue weighted by Gasteiger charge is -2.20. The van der Waals surface area contributed by atoms with E-state index in [4.69, 9.17) is 10.5 Å². The van der Waals surface area contributed by atoms with Crippen LogP contribution in [-0.4, -0.2) is 12.6 Å². The summed E-state index contributed by atoms with van der Waals surface area (Å²) in [5.74, 6) is 0.505. The van der Waals surface area contributed by atoms with Gasteiger partial charge in [0.15, 0.2) is 11.6 Å². The molecule has 0 aliphatic carbocycles. The van der Waals surface area contributed by atoms with Gasteiger partial charge in [0.25, 0.3) is 0 Å². The summed E-state index contributed by atoms with van der Waals surface area (Å²) in [5.41, 5.74) is 7.04. The molecule has 2 atom stereocenters. The quantitative estimate of drug-likeness (QED) is 0.693. The van der Waals surface area contributed by atoms with Crippen LogP contribution in [0.5, 0.6) is 5.75 Å². The molecule has 1 aromatic rings. The molecule has 0 fully saturated rings. The van der Waals surface area contributed by atoms with Crippen molar-refractivity contribution in [2.24, 2.45) is 5.92 Å².